The zero-order chi connectivity index (χ0) is 16.3. The van der Waals surface area contributed by atoms with Crippen molar-refractivity contribution in [2.75, 3.05) is 18.1 Å². The number of ether oxygens (including phenoxy) is 2. The minimum atomic E-state index is -0.555. The number of hydrogen-bond acceptors (Lipinski definition) is 4. The molecule has 0 aliphatic carbocycles. The number of amides is 1. The van der Waals surface area contributed by atoms with Gasteiger partial charge in [-0.3, -0.25) is 4.90 Å². The number of carbonyl (C=O) groups excluding carboxylic acids is 2. The summed E-state index contributed by atoms with van der Waals surface area (Å²) in [4.78, 5) is 25.7. The van der Waals surface area contributed by atoms with Crippen molar-refractivity contribution in [3.63, 3.8) is 0 Å². The van der Waals surface area contributed by atoms with Gasteiger partial charge in [-0.15, -0.1) is 0 Å². The van der Waals surface area contributed by atoms with E-state index in [0.29, 0.717) is 17.8 Å². The van der Waals surface area contributed by atoms with Gasteiger partial charge in [0.05, 0.1) is 11.3 Å². The maximum Gasteiger partial charge on any atom is 0.414 e. The minimum absolute atomic E-state index is 0.158. The van der Waals surface area contributed by atoms with Crippen molar-refractivity contribution in [2.45, 2.75) is 32.8 Å². The molecule has 0 saturated heterocycles. The number of benzene rings is 1. The first kappa shape index (κ1) is 16.1. The molecule has 0 unspecified atom stereocenters. The first-order valence-electron chi connectivity index (χ1n) is 7.23. The van der Waals surface area contributed by atoms with Gasteiger partial charge in [-0.1, -0.05) is 18.7 Å². The second-order valence-corrected chi connectivity index (χ2v) is 6.11. The maximum atomic E-state index is 12.3. The summed E-state index contributed by atoms with van der Waals surface area (Å²) in [5.74, 6) is -0.432. The predicted octanol–water partition coefficient (Wildman–Crippen LogP) is 3.33. The smallest absolute Gasteiger partial charge is 0.414 e. The SMILES string of the molecule is C=CCOC(=O)c1ccc2c(c1)N(C(=O)OC(C)(C)C)CC2. The van der Waals surface area contributed by atoms with Crippen LogP contribution in [0.25, 0.3) is 0 Å². The Morgan fingerprint density at radius 1 is 1.36 bits per heavy atom. The van der Waals surface area contributed by atoms with E-state index in [9.17, 15) is 9.59 Å². The highest BCUT2D eigenvalue weighted by Gasteiger charge is 2.29. The lowest BCUT2D eigenvalue weighted by Crippen LogP contribution is -2.35. The minimum Gasteiger partial charge on any atom is -0.458 e. The molecule has 0 spiro atoms. The summed E-state index contributed by atoms with van der Waals surface area (Å²) in [5.41, 5.74) is 1.59. The Bertz CT molecular complexity index is 601. The zero-order valence-corrected chi connectivity index (χ0v) is 13.2. The second-order valence-electron chi connectivity index (χ2n) is 6.11. The van der Waals surface area contributed by atoms with E-state index in [0.717, 1.165) is 12.0 Å². The van der Waals surface area contributed by atoms with Crippen LogP contribution in [0.5, 0.6) is 0 Å². The molecule has 0 saturated carbocycles. The molecule has 1 aliphatic rings. The van der Waals surface area contributed by atoms with Crippen LogP contribution in [-0.4, -0.2) is 30.8 Å². The second kappa shape index (κ2) is 6.22. The molecule has 22 heavy (non-hydrogen) atoms. The lowest BCUT2D eigenvalue weighted by atomic mass is 10.1. The number of rotatable bonds is 3. The highest BCUT2D eigenvalue weighted by molar-refractivity contribution is 5.95. The van der Waals surface area contributed by atoms with Gasteiger partial charge in [0, 0.05) is 6.54 Å². The van der Waals surface area contributed by atoms with Crippen LogP contribution in [0, 0.1) is 0 Å². The van der Waals surface area contributed by atoms with Crippen molar-refractivity contribution in [2.24, 2.45) is 0 Å². The third kappa shape index (κ3) is 3.67. The summed E-state index contributed by atoms with van der Waals surface area (Å²) in [6.07, 6.45) is 1.86. The van der Waals surface area contributed by atoms with Crippen LogP contribution in [0.3, 0.4) is 0 Å². The third-order valence-electron chi connectivity index (χ3n) is 3.16. The van der Waals surface area contributed by atoms with Crippen molar-refractivity contribution in [3.8, 4) is 0 Å². The summed E-state index contributed by atoms with van der Waals surface area (Å²) in [6.45, 7) is 9.69. The molecule has 1 amide bonds. The summed E-state index contributed by atoms with van der Waals surface area (Å²) in [7, 11) is 0. The lowest BCUT2D eigenvalue weighted by Gasteiger charge is -2.25. The Labute approximate surface area is 130 Å². The van der Waals surface area contributed by atoms with E-state index in [1.807, 2.05) is 26.8 Å². The Balaban J connectivity index is 2.21. The quantitative estimate of drug-likeness (QED) is 0.635. The van der Waals surface area contributed by atoms with E-state index in [4.69, 9.17) is 9.47 Å². The lowest BCUT2D eigenvalue weighted by molar-refractivity contribution is 0.0544. The topological polar surface area (TPSA) is 55.8 Å². The number of hydrogen-bond donors (Lipinski definition) is 0. The Morgan fingerprint density at radius 3 is 2.73 bits per heavy atom. The molecule has 1 aromatic rings. The first-order chi connectivity index (χ1) is 10.3. The first-order valence-corrected chi connectivity index (χ1v) is 7.23. The Hall–Kier alpha value is -2.30. The summed E-state index contributed by atoms with van der Waals surface area (Å²) in [5, 5.41) is 0. The van der Waals surface area contributed by atoms with E-state index >= 15 is 0 Å². The molecule has 0 radical (unpaired) electrons. The standard InChI is InChI=1S/C17H21NO4/c1-5-10-21-15(19)13-7-6-12-8-9-18(14(12)11-13)16(20)22-17(2,3)4/h5-7,11H,1,8-10H2,2-4H3. The molecule has 0 atom stereocenters. The van der Waals surface area contributed by atoms with E-state index in [1.165, 1.54) is 6.08 Å². The van der Waals surface area contributed by atoms with Crippen LogP contribution in [-0.2, 0) is 15.9 Å². The van der Waals surface area contributed by atoms with Crippen molar-refractivity contribution < 1.29 is 19.1 Å². The number of carbonyl (C=O) groups is 2. The number of fused-ring (bicyclic) bond motifs is 1. The fourth-order valence-electron chi connectivity index (χ4n) is 2.23. The van der Waals surface area contributed by atoms with Crippen LogP contribution in [0.15, 0.2) is 30.9 Å². The molecule has 5 nitrogen and oxygen atoms in total. The van der Waals surface area contributed by atoms with Crippen LogP contribution < -0.4 is 4.90 Å². The molecule has 0 fully saturated rings. The molecular formula is C17H21NO4. The van der Waals surface area contributed by atoms with Gasteiger partial charge in [0.2, 0.25) is 0 Å². The van der Waals surface area contributed by atoms with Gasteiger partial charge < -0.3 is 9.47 Å². The molecule has 118 valence electrons. The molecule has 1 heterocycles. The van der Waals surface area contributed by atoms with Crippen LogP contribution in [0.1, 0.15) is 36.7 Å². The average Bonchev–Trinajstić information content (AvgIpc) is 2.85. The molecule has 1 aromatic carbocycles. The van der Waals surface area contributed by atoms with Crippen LogP contribution in [0.4, 0.5) is 10.5 Å². The molecule has 0 aromatic heterocycles. The van der Waals surface area contributed by atoms with Gasteiger partial charge >= 0.3 is 12.1 Å². The predicted molar refractivity (Wildman–Crippen MR) is 84.2 cm³/mol. The number of esters is 1. The highest BCUT2D eigenvalue weighted by Crippen LogP contribution is 2.30. The largest absolute Gasteiger partial charge is 0.458 e. The highest BCUT2D eigenvalue weighted by atomic mass is 16.6. The van der Waals surface area contributed by atoms with E-state index < -0.39 is 17.7 Å². The van der Waals surface area contributed by atoms with Gasteiger partial charge in [0.15, 0.2) is 0 Å². The van der Waals surface area contributed by atoms with Gasteiger partial charge in [0.1, 0.15) is 12.2 Å². The van der Waals surface area contributed by atoms with Gasteiger partial charge in [-0.05, 0) is 44.9 Å². The molecule has 0 bridgehead atoms. The van der Waals surface area contributed by atoms with Gasteiger partial charge in [-0.25, -0.2) is 9.59 Å². The third-order valence-corrected chi connectivity index (χ3v) is 3.16. The van der Waals surface area contributed by atoms with Crippen LogP contribution in [0.2, 0.25) is 0 Å². The molecule has 5 heteroatoms. The monoisotopic (exact) mass is 303 g/mol. The summed E-state index contributed by atoms with van der Waals surface area (Å²) < 4.78 is 10.4. The average molecular weight is 303 g/mol. The summed E-state index contributed by atoms with van der Waals surface area (Å²) >= 11 is 0. The van der Waals surface area contributed by atoms with Gasteiger partial charge in [0.25, 0.3) is 0 Å². The number of nitrogens with zero attached hydrogens (tertiary/aromatic N) is 1. The molecular weight excluding hydrogens is 282 g/mol. The Morgan fingerprint density at radius 2 is 2.09 bits per heavy atom. The van der Waals surface area contributed by atoms with Crippen molar-refractivity contribution in [1.82, 2.24) is 0 Å². The zero-order valence-electron chi connectivity index (χ0n) is 13.2. The van der Waals surface area contributed by atoms with Crippen molar-refractivity contribution >= 4 is 17.7 Å². The number of anilines is 1. The van der Waals surface area contributed by atoms with E-state index in [-0.39, 0.29) is 6.61 Å². The maximum absolute atomic E-state index is 12.3. The van der Waals surface area contributed by atoms with Crippen LogP contribution >= 0.6 is 0 Å². The Kier molecular flexibility index (Phi) is 4.54. The molecule has 0 N–H and O–H groups in total. The van der Waals surface area contributed by atoms with Crippen molar-refractivity contribution in [1.29, 1.82) is 0 Å². The molecule has 2 rings (SSSR count). The van der Waals surface area contributed by atoms with Crippen molar-refractivity contribution in [3.05, 3.63) is 42.0 Å². The molecule has 1 aliphatic heterocycles. The fourth-order valence-corrected chi connectivity index (χ4v) is 2.23. The fraction of sp³-hybridized carbons (Fsp3) is 0.412. The summed E-state index contributed by atoms with van der Waals surface area (Å²) in [6, 6.07) is 5.24. The van der Waals surface area contributed by atoms with E-state index in [2.05, 4.69) is 6.58 Å². The van der Waals surface area contributed by atoms with Gasteiger partial charge in [-0.2, -0.15) is 0 Å². The van der Waals surface area contributed by atoms with E-state index in [1.54, 1.807) is 17.0 Å². The normalized spacial score (nSPS) is 13.5.